The zero-order valence-corrected chi connectivity index (χ0v) is 17.9. The van der Waals surface area contributed by atoms with Gasteiger partial charge in [0.25, 0.3) is 0 Å². The lowest BCUT2D eigenvalue weighted by Gasteiger charge is -2.17. The lowest BCUT2D eigenvalue weighted by atomic mass is 9.94. The number of hydrogen-bond donors (Lipinski definition) is 4. The van der Waals surface area contributed by atoms with Crippen LogP contribution in [0.25, 0.3) is 11.4 Å². The Labute approximate surface area is 182 Å². The van der Waals surface area contributed by atoms with Gasteiger partial charge >= 0.3 is 0 Å². The maximum Gasteiger partial charge on any atom is 0.223 e. The van der Waals surface area contributed by atoms with Gasteiger partial charge in [0, 0.05) is 50.7 Å². The monoisotopic (exact) mass is 422 g/mol. The first-order valence-corrected chi connectivity index (χ1v) is 10.7. The lowest BCUT2D eigenvalue weighted by molar-refractivity contribution is -0.125. The molecule has 0 saturated heterocycles. The van der Waals surface area contributed by atoms with Gasteiger partial charge in [0.05, 0.1) is 0 Å². The minimum absolute atomic E-state index is 0.0666. The molecule has 1 aliphatic rings. The highest BCUT2D eigenvalue weighted by molar-refractivity contribution is 5.79. The highest BCUT2D eigenvalue weighted by Gasteiger charge is 2.17. The van der Waals surface area contributed by atoms with E-state index < -0.39 is 0 Å². The molecule has 2 aromatic rings. The zero-order valence-electron chi connectivity index (χ0n) is 17.9. The first kappa shape index (κ1) is 22.3. The quantitative estimate of drug-likeness (QED) is 0.346. The number of carbonyl (C=O) groups excluding carboxylic acids is 2. The van der Waals surface area contributed by atoms with Gasteiger partial charge in [-0.25, -0.2) is 9.97 Å². The van der Waals surface area contributed by atoms with E-state index in [1.165, 1.54) is 6.92 Å². The normalized spacial score (nSPS) is 15.2. The molecule has 1 unspecified atom stereocenters. The van der Waals surface area contributed by atoms with Gasteiger partial charge in [-0.1, -0.05) is 42.5 Å². The Balaban J connectivity index is 1.58. The van der Waals surface area contributed by atoms with E-state index in [2.05, 4.69) is 43.4 Å². The van der Waals surface area contributed by atoms with Gasteiger partial charge in [-0.05, 0) is 19.3 Å². The average Bonchev–Trinajstić information content (AvgIpc) is 2.80. The van der Waals surface area contributed by atoms with E-state index >= 15 is 0 Å². The summed E-state index contributed by atoms with van der Waals surface area (Å²) in [6, 6.07) is 11.6. The maximum absolute atomic E-state index is 12.3. The van der Waals surface area contributed by atoms with Crippen LogP contribution in [0.5, 0.6) is 0 Å². The van der Waals surface area contributed by atoms with Gasteiger partial charge in [-0.3, -0.25) is 9.59 Å². The molecule has 0 aliphatic heterocycles. The number of allylic oxidation sites excluding steroid dienone is 2. The molecule has 0 saturated carbocycles. The molecule has 1 aromatic heterocycles. The van der Waals surface area contributed by atoms with Gasteiger partial charge in [0.15, 0.2) is 5.82 Å². The van der Waals surface area contributed by atoms with E-state index in [4.69, 9.17) is 0 Å². The molecule has 1 atom stereocenters. The van der Waals surface area contributed by atoms with E-state index in [0.29, 0.717) is 43.6 Å². The fourth-order valence-corrected chi connectivity index (χ4v) is 3.33. The summed E-state index contributed by atoms with van der Waals surface area (Å²) in [5.74, 6) is 2.06. The summed E-state index contributed by atoms with van der Waals surface area (Å²) < 4.78 is 0. The molecule has 0 radical (unpaired) electrons. The molecule has 31 heavy (non-hydrogen) atoms. The summed E-state index contributed by atoms with van der Waals surface area (Å²) in [6.45, 7) is 3.63. The minimum atomic E-state index is -0.0666. The third kappa shape index (κ3) is 7.40. The Bertz CT molecular complexity index is 900. The Hall–Kier alpha value is -3.42. The maximum atomic E-state index is 12.3. The molecule has 0 spiro atoms. The number of carbonyl (C=O) groups is 2. The van der Waals surface area contributed by atoms with Crippen molar-refractivity contribution in [3.63, 3.8) is 0 Å². The third-order valence-corrected chi connectivity index (χ3v) is 4.93. The van der Waals surface area contributed by atoms with Crippen LogP contribution in [0.3, 0.4) is 0 Å². The van der Waals surface area contributed by atoms with E-state index in [1.807, 2.05) is 36.4 Å². The lowest BCUT2D eigenvalue weighted by Crippen LogP contribution is -2.34. The van der Waals surface area contributed by atoms with Crippen LogP contribution >= 0.6 is 0 Å². The van der Waals surface area contributed by atoms with E-state index in [-0.39, 0.29) is 17.7 Å². The van der Waals surface area contributed by atoms with Crippen molar-refractivity contribution in [1.29, 1.82) is 0 Å². The summed E-state index contributed by atoms with van der Waals surface area (Å²) in [5, 5.41) is 12.2. The van der Waals surface area contributed by atoms with Crippen LogP contribution in [0, 0.1) is 5.92 Å². The van der Waals surface area contributed by atoms with Crippen LogP contribution in [0.1, 0.15) is 26.2 Å². The van der Waals surface area contributed by atoms with Crippen LogP contribution in [0.15, 0.2) is 48.6 Å². The van der Waals surface area contributed by atoms with E-state index in [0.717, 1.165) is 24.8 Å². The number of anilines is 2. The largest absolute Gasteiger partial charge is 0.368 e. The topological polar surface area (TPSA) is 108 Å². The van der Waals surface area contributed by atoms with Crippen molar-refractivity contribution in [2.24, 2.45) is 5.92 Å². The molecule has 0 bridgehead atoms. The van der Waals surface area contributed by atoms with Crippen LogP contribution in [0.2, 0.25) is 0 Å². The van der Waals surface area contributed by atoms with Crippen molar-refractivity contribution < 1.29 is 9.59 Å². The van der Waals surface area contributed by atoms with Gasteiger partial charge in [-0.2, -0.15) is 0 Å². The summed E-state index contributed by atoms with van der Waals surface area (Å²) >= 11 is 0. The van der Waals surface area contributed by atoms with Crippen LogP contribution in [-0.2, 0) is 9.59 Å². The smallest absolute Gasteiger partial charge is 0.223 e. The summed E-state index contributed by atoms with van der Waals surface area (Å²) in [6.07, 6.45) is 6.91. The van der Waals surface area contributed by atoms with Crippen molar-refractivity contribution in [2.45, 2.75) is 26.2 Å². The highest BCUT2D eigenvalue weighted by atomic mass is 16.2. The van der Waals surface area contributed by atoms with Gasteiger partial charge in [0.1, 0.15) is 11.6 Å². The van der Waals surface area contributed by atoms with Crippen molar-refractivity contribution in [2.75, 3.05) is 36.8 Å². The van der Waals surface area contributed by atoms with Crippen molar-refractivity contribution >= 4 is 23.5 Å². The van der Waals surface area contributed by atoms with Crippen molar-refractivity contribution in [1.82, 2.24) is 20.6 Å². The number of hydrogen-bond acceptors (Lipinski definition) is 6. The predicted octanol–water partition coefficient (Wildman–Crippen LogP) is 2.58. The second-order valence-electron chi connectivity index (χ2n) is 7.44. The molecule has 164 valence electrons. The third-order valence-electron chi connectivity index (χ3n) is 4.93. The number of benzene rings is 1. The first-order valence-electron chi connectivity index (χ1n) is 10.7. The number of aromatic nitrogens is 2. The summed E-state index contributed by atoms with van der Waals surface area (Å²) in [4.78, 5) is 32.5. The van der Waals surface area contributed by atoms with Crippen molar-refractivity contribution in [3.8, 4) is 11.4 Å². The summed E-state index contributed by atoms with van der Waals surface area (Å²) in [7, 11) is 0. The van der Waals surface area contributed by atoms with Crippen LogP contribution in [-0.4, -0.2) is 48.0 Å². The van der Waals surface area contributed by atoms with Crippen LogP contribution < -0.4 is 21.3 Å². The number of nitrogens with one attached hydrogen (secondary N) is 4. The van der Waals surface area contributed by atoms with Gasteiger partial charge < -0.3 is 21.3 Å². The second-order valence-corrected chi connectivity index (χ2v) is 7.44. The fourth-order valence-electron chi connectivity index (χ4n) is 3.33. The Morgan fingerprint density at radius 2 is 1.61 bits per heavy atom. The molecule has 3 rings (SSSR count). The molecule has 4 N–H and O–H groups in total. The van der Waals surface area contributed by atoms with Gasteiger partial charge in [-0.15, -0.1) is 0 Å². The molecule has 1 heterocycles. The number of rotatable bonds is 10. The fraction of sp³-hybridized carbons (Fsp3) is 0.391. The Morgan fingerprint density at radius 3 is 2.23 bits per heavy atom. The Morgan fingerprint density at radius 1 is 0.935 bits per heavy atom. The molecule has 2 amide bonds. The zero-order chi connectivity index (χ0) is 21.9. The average molecular weight is 423 g/mol. The molecular weight excluding hydrogens is 392 g/mol. The molecule has 1 aromatic carbocycles. The minimum Gasteiger partial charge on any atom is -0.368 e. The highest BCUT2D eigenvalue weighted by Crippen LogP contribution is 2.20. The van der Waals surface area contributed by atoms with Crippen LogP contribution in [0.4, 0.5) is 11.6 Å². The Kier molecular flexibility index (Phi) is 8.39. The molecule has 1 aliphatic carbocycles. The number of amides is 2. The van der Waals surface area contributed by atoms with Gasteiger partial charge in [0.2, 0.25) is 11.8 Å². The molecule has 0 fully saturated rings. The predicted molar refractivity (Wildman–Crippen MR) is 123 cm³/mol. The second kappa shape index (κ2) is 11.7. The SMILES string of the molecule is CC(=O)NCCNc1cc(NCCNC(=O)C2CC=CCC2)nc(-c2ccccc2)n1. The molecular formula is C23H30N6O2. The first-order chi connectivity index (χ1) is 15.1. The van der Waals surface area contributed by atoms with E-state index in [1.54, 1.807) is 0 Å². The summed E-state index contributed by atoms with van der Waals surface area (Å²) in [5.41, 5.74) is 0.912. The van der Waals surface area contributed by atoms with Crippen molar-refractivity contribution in [3.05, 3.63) is 48.6 Å². The molecule has 8 nitrogen and oxygen atoms in total. The standard InChI is InChI=1S/C23H30N6O2/c1-17(30)24-12-13-25-20-16-21(29-22(28-20)18-8-4-2-5-9-18)26-14-15-27-23(31)19-10-6-3-7-11-19/h2-6,8-9,16,19H,7,10-15H2,1H3,(H,24,30)(H,27,31)(H2,25,26,28,29). The van der Waals surface area contributed by atoms with E-state index in [9.17, 15) is 9.59 Å². The molecule has 8 heteroatoms. The number of nitrogens with zero attached hydrogens (tertiary/aromatic N) is 2.